The van der Waals surface area contributed by atoms with Crippen LogP contribution in [-0.4, -0.2) is 20.7 Å². The smallest absolute Gasteiger partial charge is 0.155 e. The van der Waals surface area contributed by atoms with Gasteiger partial charge in [-0.15, -0.1) is 0 Å². The summed E-state index contributed by atoms with van der Waals surface area (Å²) in [6.07, 6.45) is 0. The molecule has 78 valence electrons. The normalized spacial score (nSPS) is 11.6. The molecule has 0 saturated carbocycles. The predicted molar refractivity (Wildman–Crippen MR) is 65.7 cm³/mol. The van der Waals surface area contributed by atoms with Gasteiger partial charge < -0.3 is 5.73 Å². The molecule has 14 heavy (non-hydrogen) atoms. The Kier molecular flexibility index (Phi) is 4.33. The monoisotopic (exact) mass is 325 g/mol. The van der Waals surface area contributed by atoms with Gasteiger partial charge in [0.2, 0.25) is 0 Å². The Labute approximate surface area is 97.8 Å². The molecule has 0 atom stereocenters. The van der Waals surface area contributed by atoms with Crippen molar-refractivity contribution in [1.82, 2.24) is 0 Å². The maximum Gasteiger partial charge on any atom is 0.155 e. The van der Waals surface area contributed by atoms with Gasteiger partial charge in [-0.1, -0.05) is 12.1 Å². The highest BCUT2D eigenvalue weighted by Gasteiger charge is 2.10. The summed E-state index contributed by atoms with van der Waals surface area (Å²) in [5.74, 6) is 0.139. The molecule has 0 saturated heterocycles. The number of nitrogens with two attached hydrogens (primary N) is 1. The van der Waals surface area contributed by atoms with Gasteiger partial charge in [-0.25, -0.2) is 8.42 Å². The molecule has 1 rings (SSSR count). The van der Waals surface area contributed by atoms with Gasteiger partial charge in [0.25, 0.3) is 0 Å². The largest absolute Gasteiger partial charge is 0.329 e. The Morgan fingerprint density at radius 1 is 1.21 bits per heavy atom. The van der Waals surface area contributed by atoms with Crippen LogP contribution in [0.15, 0.2) is 24.3 Å². The molecule has 2 N–H and O–H groups in total. The molecule has 1 aromatic carbocycles. The summed E-state index contributed by atoms with van der Waals surface area (Å²) >= 11 is 2.18. The summed E-state index contributed by atoms with van der Waals surface area (Å²) in [7, 11) is -3.02. The fraction of sp³-hybridized carbons (Fsp3) is 0.333. The number of benzene rings is 1. The first-order chi connectivity index (χ1) is 6.53. The SMILES string of the molecule is NCCS(=O)(=O)Cc1ccc(I)cc1. The molecule has 1 aromatic rings. The topological polar surface area (TPSA) is 60.2 Å². The molecule has 0 unspecified atom stereocenters. The zero-order valence-electron chi connectivity index (χ0n) is 7.61. The summed E-state index contributed by atoms with van der Waals surface area (Å²) in [5, 5.41) is 0. The maximum absolute atomic E-state index is 11.4. The van der Waals surface area contributed by atoms with Gasteiger partial charge >= 0.3 is 0 Å². The number of rotatable bonds is 4. The van der Waals surface area contributed by atoms with Crippen molar-refractivity contribution >= 4 is 32.4 Å². The molecule has 0 radical (unpaired) electrons. The summed E-state index contributed by atoms with van der Waals surface area (Å²) < 4.78 is 23.9. The molecule has 0 aliphatic rings. The Balaban J connectivity index is 2.74. The molecule has 0 heterocycles. The van der Waals surface area contributed by atoms with Crippen LogP contribution in [0.1, 0.15) is 5.56 Å². The van der Waals surface area contributed by atoms with Crippen molar-refractivity contribution in [2.75, 3.05) is 12.3 Å². The molecular formula is C9H12INO2S. The number of hydrogen-bond donors (Lipinski definition) is 1. The molecule has 5 heteroatoms. The van der Waals surface area contributed by atoms with Crippen molar-refractivity contribution < 1.29 is 8.42 Å². The molecule has 0 aliphatic heterocycles. The Morgan fingerprint density at radius 3 is 2.29 bits per heavy atom. The lowest BCUT2D eigenvalue weighted by Crippen LogP contribution is -2.17. The van der Waals surface area contributed by atoms with E-state index in [1.165, 1.54) is 0 Å². The summed E-state index contributed by atoms with van der Waals surface area (Å²) in [6.45, 7) is 0.187. The molecule has 0 amide bonds. The van der Waals surface area contributed by atoms with Crippen LogP contribution < -0.4 is 5.73 Å². The number of sulfone groups is 1. The summed E-state index contributed by atoms with van der Waals surface area (Å²) in [5.41, 5.74) is 6.03. The lowest BCUT2D eigenvalue weighted by atomic mass is 10.2. The van der Waals surface area contributed by atoms with Crippen molar-refractivity contribution in [3.63, 3.8) is 0 Å². The number of hydrogen-bond acceptors (Lipinski definition) is 3. The predicted octanol–water partition coefficient (Wildman–Crippen LogP) is 1.16. The summed E-state index contributed by atoms with van der Waals surface area (Å²) in [4.78, 5) is 0. The van der Waals surface area contributed by atoms with Gasteiger partial charge in [-0.3, -0.25) is 0 Å². The zero-order chi connectivity index (χ0) is 10.6. The van der Waals surface area contributed by atoms with Gasteiger partial charge in [0.15, 0.2) is 9.84 Å². The lowest BCUT2D eigenvalue weighted by Gasteiger charge is -2.02. The Morgan fingerprint density at radius 2 is 1.79 bits per heavy atom. The highest BCUT2D eigenvalue weighted by atomic mass is 127. The quantitative estimate of drug-likeness (QED) is 0.846. The van der Waals surface area contributed by atoms with Crippen LogP contribution >= 0.6 is 22.6 Å². The van der Waals surface area contributed by atoms with Gasteiger partial charge in [0, 0.05) is 10.1 Å². The van der Waals surface area contributed by atoms with Crippen LogP contribution in [0.5, 0.6) is 0 Å². The van der Waals surface area contributed by atoms with Crippen LogP contribution in [0.25, 0.3) is 0 Å². The third-order valence-corrected chi connectivity index (χ3v) is 4.08. The van der Waals surface area contributed by atoms with E-state index >= 15 is 0 Å². The van der Waals surface area contributed by atoms with Crippen molar-refractivity contribution in [2.45, 2.75) is 5.75 Å². The average Bonchev–Trinajstić information content (AvgIpc) is 2.08. The minimum absolute atomic E-state index is 0.0546. The van der Waals surface area contributed by atoms with Crippen LogP contribution in [0, 0.1) is 3.57 Å². The first-order valence-electron chi connectivity index (χ1n) is 4.18. The Hall–Kier alpha value is -0.140. The third-order valence-electron chi connectivity index (χ3n) is 1.73. The number of halogens is 1. The average molecular weight is 325 g/mol. The van der Waals surface area contributed by atoms with Crippen molar-refractivity contribution in [1.29, 1.82) is 0 Å². The van der Waals surface area contributed by atoms with E-state index in [-0.39, 0.29) is 18.1 Å². The lowest BCUT2D eigenvalue weighted by molar-refractivity contribution is 0.595. The van der Waals surface area contributed by atoms with E-state index in [1.54, 1.807) is 0 Å². The fourth-order valence-electron chi connectivity index (χ4n) is 1.09. The summed E-state index contributed by atoms with van der Waals surface area (Å²) in [6, 6.07) is 7.45. The first-order valence-corrected chi connectivity index (χ1v) is 7.08. The van der Waals surface area contributed by atoms with Crippen molar-refractivity contribution in [2.24, 2.45) is 5.73 Å². The molecule has 0 aromatic heterocycles. The molecule has 0 bridgehead atoms. The van der Waals surface area contributed by atoms with E-state index in [0.717, 1.165) is 9.13 Å². The van der Waals surface area contributed by atoms with E-state index in [0.29, 0.717) is 0 Å². The van der Waals surface area contributed by atoms with Crippen LogP contribution in [0.2, 0.25) is 0 Å². The Bertz CT molecular complexity index is 386. The fourth-order valence-corrected chi connectivity index (χ4v) is 2.65. The van der Waals surface area contributed by atoms with E-state index in [4.69, 9.17) is 5.73 Å². The highest BCUT2D eigenvalue weighted by molar-refractivity contribution is 14.1. The van der Waals surface area contributed by atoms with E-state index < -0.39 is 9.84 Å². The first kappa shape index (κ1) is 11.9. The second kappa shape index (κ2) is 5.09. The van der Waals surface area contributed by atoms with Gasteiger partial charge in [-0.2, -0.15) is 0 Å². The molecule has 0 spiro atoms. The van der Waals surface area contributed by atoms with Crippen LogP contribution in [0.4, 0.5) is 0 Å². The standard InChI is InChI=1S/C9H12INO2S/c10-9-3-1-8(2-4-9)7-14(12,13)6-5-11/h1-4H,5-7,11H2. The van der Waals surface area contributed by atoms with E-state index in [1.807, 2.05) is 24.3 Å². The van der Waals surface area contributed by atoms with E-state index in [9.17, 15) is 8.42 Å². The second-order valence-corrected chi connectivity index (χ2v) is 6.44. The van der Waals surface area contributed by atoms with Crippen molar-refractivity contribution in [3.05, 3.63) is 33.4 Å². The molecule has 3 nitrogen and oxygen atoms in total. The molecule has 0 aliphatic carbocycles. The van der Waals surface area contributed by atoms with Crippen LogP contribution in [-0.2, 0) is 15.6 Å². The maximum atomic E-state index is 11.4. The van der Waals surface area contributed by atoms with Gasteiger partial charge in [-0.05, 0) is 40.3 Å². The zero-order valence-corrected chi connectivity index (χ0v) is 10.6. The highest BCUT2D eigenvalue weighted by Crippen LogP contribution is 2.10. The minimum Gasteiger partial charge on any atom is -0.329 e. The van der Waals surface area contributed by atoms with Crippen LogP contribution in [0.3, 0.4) is 0 Å². The second-order valence-electron chi connectivity index (χ2n) is 3.01. The van der Waals surface area contributed by atoms with Gasteiger partial charge in [0.05, 0.1) is 11.5 Å². The molecule has 0 fully saturated rings. The third kappa shape index (κ3) is 3.93. The van der Waals surface area contributed by atoms with Gasteiger partial charge in [0.1, 0.15) is 0 Å². The minimum atomic E-state index is -3.02. The van der Waals surface area contributed by atoms with E-state index in [2.05, 4.69) is 22.6 Å². The molecular weight excluding hydrogens is 313 g/mol. The van der Waals surface area contributed by atoms with Crippen molar-refractivity contribution in [3.8, 4) is 0 Å².